The number of hydrogen-bond donors (Lipinski definition) is 4. The second-order valence-electron chi connectivity index (χ2n) is 7.33. The lowest BCUT2D eigenvalue weighted by molar-refractivity contribution is 0.455. The molecule has 0 spiro atoms. The minimum atomic E-state index is 0.0417. The Kier molecular flexibility index (Phi) is 5.45. The van der Waals surface area contributed by atoms with E-state index in [0.717, 1.165) is 44.5 Å². The van der Waals surface area contributed by atoms with Crippen LogP contribution in [0, 0.1) is 27.7 Å². The number of aromatic hydroxyl groups is 2. The number of benzene rings is 3. The largest absolute Gasteiger partial charge is 0.507 e. The van der Waals surface area contributed by atoms with Gasteiger partial charge in [0.1, 0.15) is 11.5 Å². The van der Waals surface area contributed by atoms with Gasteiger partial charge >= 0.3 is 0 Å². The van der Waals surface area contributed by atoms with Gasteiger partial charge in [-0.25, -0.2) is 0 Å². The Labute approximate surface area is 166 Å². The first-order chi connectivity index (χ1) is 13.3. The number of aryl methyl sites for hydroxylation is 2. The van der Waals surface area contributed by atoms with Gasteiger partial charge in [-0.1, -0.05) is 24.3 Å². The first kappa shape index (κ1) is 19.9. The van der Waals surface area contributed by atoms with Gasteiger partial charge in [-0.2, -0.15) is 0 Å². The minimum absolute atomic E-state index is 0.0417. The van der Waals surface area contributed by atoms with Gasteiger partial charge in [0.25, 0.3) is 0 Å². The molecule has 0 aliphatic heterocycles. The molecule has 6 N–H and O–H groups in total. The lowest BCUT2D eigenvalue weighted by atomic mass is 9.88. The number of rotatable bonds is 4. The molecule has 3 aromatic carbocycles. The number of hydrogen-bond acceptors (Lipinski definition) is 4. The average Bonchev–Trinajstić information content (AvgIpc) is 2.65. The van der Waals surface area contributed by atoms with E-state index in [9.17, 15) is 10.2 Å². The summed E-state index contributed by atoms with van der Waals surface area (Å²) >= 11 is 0. The zero-order valence-electron chi connectivity index (χ0n) is 16.9. The topological polar surface area (TPSA) is 92.5 Å². The van der Waals surface area contributed by atoms with Crippen molar-refractivity contribution in [2.24, 2.45) is 11.5 Å². The van der Waals surface area contributed by atoms with Gasteiger partial charge in [0.05, 0.1) is 5.56 Å². The molecule has 0 heterocycles. The molecule has 0 radical (unpaired) electrons. The third-order valence-electron chi connectivity index (χ3n) is 5.79. The summed E-state index contributed by atoms with van der Waals surface area (Å²) in [6.45, 7) is 8.88. The maximum atomic E-state index is 11.2. The molecule has 28 heavy (non-hydrogen) atoms. The van der Waals surface area contributed by atoms with E-state index in [4.69, 9.17) is 11.5 Å². The molecule has 0 bridgehead atoms. The summed E-state index contributed by atoms with van der Waals surface area (Å²) in [5.41, 5.74) is 21.0. The highest BCUT2D eigenvalue weighted by atomic mass is 16.3. The summed E-state index contributed by atoms with van der Waals surface area (Å²) < 4.78 is 0. The van der Waals surface area contributed by atoms with Gasteiger partial charge in [0.15, 0.2) is 0 Å². The van der Waals surface area contributed by atoms with E-state index < -0.39 is 0 Å². The van der Waals surface area contributed by atoms with Crippen molar-refractivity contribution in [3.63, 3.8) is 0 Å². The molecule has 3 aromatic rings. The van der Waals surface area contributed by atoms with Gasteiger partial charge < -0.3 is 21.7 Å². The van der Waals surface area contributed by atoms with Crippen molar-refractivity contribution in [3.05, 3.63) is 69.8 Å². The molecular formula is C24H28N2O2. The summed E-state index contributed by atoms with van der Waals surface area (Å²) in [5, 5.41) is 21.7. The van der Waals surface area contributed by atoms with E-state index in [2.05, 4.69) is 0 Å². The summed E-state index contributed by atoms with van der Waals surface area (Å²) in [6.07, 6.45) is 0. The van der Waals surface area contributed by atoms with Gasteiger partial charge in [0.2, 0.25) is 0 Å². The van der Waals surface area contributed by atoms with Crippen LogP contribution in [0.1, 0.15) is 33.4 Å². The molecular weight excluding hydrogens is 348 g/mol. The predicted octanol–water partition coefficient (Wildman–Crippen LogP) is 4.58. The van der Waals surface area contributed by atoms with Crippen molar-refractivity contribution in [2.45, 2.75) is 40.8 Å². The Morgan fingerprint density at radius 2 is 1.11 bits per heavy atom. The summed E-state index contributed by atoms with van der Waals surface area (Å²) in [6, 6.07) is 11.3. The third kappa shape index (κ3) is 3.15. The first-order valence-electron chi connectivity index (χ1n) is 9.45. The number of nitrogens with two attached hydrogens (primary N) is 2. The molecule has 0 aliphatic rings. The lowest BCUT2D eigenvalue weighted by Gasteiger charge is -2.19. The van der Waals surface area contributed by atoms with E-state index in [1.807, 2.05) is 52.0 Å². The standard InChI is InChI=1S/C24H28N2O2/c1-13-5-7-17(15(3)20(13)11-25)19-9-10-22(27)23(24(19)28)18-8-6-14(2)21(12-26)16(18)4/h5-10,27-28H,11-12,25-26H2,1-4H3. The number of phenols is 2. The fourth-order valence-electron chi connectivity index (χ4n) is 4.04. The van der Waals surface area contributed by atoms with Crippen molar-refractivity contribution in [3.8, 4) is 33.8 Å². The maximum absolute atomic E-state index is 11.2. The zero-order chi connectivity index (χ0) is 20.6. The molecule has 4 heteroatoms. The SMILES string of the molecule is Cc1ccc(-c2ccc(O)c(-c3ccc(C)c(CN)c3C)c2O)c(C)c1CN. The van der Waals surface area contributed by atoms with Crippen LogP contribution in [-0.2, 0) is 13.1 Å². The van der Waals surface area contributed by atoms with Crippen molar-refractivity contribution >= 4 is 0 Å². The lowest BCUT2D eigenvalue weighted by Crippen LogP contribution is -2.04. The smallest absolute Gasteiger partial charge is 0.134 e. The van der Waals surface area contributed by atoms with Crippen LogP contribution >= 0.6 is 0 Å². The van der Waals surface area contributed by atoms with Crippen molar-refractivity contribution in [1.29, 1.82) is 0 Å². The van der Waals surface area contributed by atoms with Crippen molar-refractivity contribution < 1.29 is 10.2 Å². The Balaban J connectivity index is 2.29. The van der Waals surface area contributed by atoms with Crippen LogP contribution < -0.4 is 11.5 Å². The molecule has 0 aliphatic carbocycles. The highest BCUT2D eigenvalue weighted by Gasteiger charge is 2.20. The third-order valence-corrected chi connectivity index (χ3v) is 5.79. The maximum Gasteiger partial charge on any atom is 0.134 e. The van der Waals surface area contributed by atoms with Gasteiger partial charge in [-0.15, -0.1) is 0 Å². The van der Waals surface area contributed by atoms with Crippen LogP contribution in [0.3, 0.4) is 0 Å². The Morgan fingerprint density at radius 1 is 0.643 bits per heavy atom. The minimum Gasteiger partial charge on any atom is -0.507 e. The van der Waals surface area contributed by atoms with Gasteiger partial charge in [0, 0.05) is 18.7 Å². The predicted molar refractivity (Wildman–Crippen MR) is 115 cm³/mol. The molecule has 4 nitrogen and oxygen atoms in total. The van der Waals surface area contributed by atoms with Gasteiger partial charge in [-0.05, 0) is 84.3 Å². The monoisotopic (exact) mass is 376 g/mol. The van der Waals surface area contributed by atoms with Crippen molar-refractivity contribution in [2.75, 3.05) is 0 Å². The summed E-state index contributed by atoms with van der Waals surface area (Å²) in [5.74, 6) is 0.102. The van der Waals surface area contributed by atoms with Crippen LogP contribution in [0.5, 0.6) is 11.5 Å². The fourth-order valence-corrected chi connectivity index (χ4v) is 4.04. The van der Waals surface area contributed by atoms with E-state index in [1.54, 1.807) is 12.1 Å². The molecule has 0 saturated heterocycles. The molecule has 0 amide bonds. The Hall–Kier alpha value is -2.82. The second kappa shape index (κ2) is 7.66. The normalized spacial score (nSPS) is 11.1. The van der Waals surface area contributed by atoms with E-state index in [0.29, 0.717) is 24.2 Å². The van der Waals surface area contributed by atoms with Crippen LogP contribution in [0.4, 0.5) is 0 Å². The average molecular weight is 377 g/mol. The second-order valence-corrected chi connectivity index (χ2v) is 7.33. The van der Waals surface area contributed by atoms with Crippen LogP contribution in [0.2, 0.25) is 0 Å². The summed E-state index contributed by atoms with van der Waals surface area (Å²) in [4.78, 5) is 0. The number of phenolic OH excluding ortho intramolecular Hbond substituents is 2. The van der Waals surface area contributed by atoms with Crippen LogP contribution in [0.15, 0.2) is 36.4 Å². The zero-order valence-corrected chi connectivity index (χ0v) is 16.9. The summed E-state index contributed by atoms with van der Waals surface area (Å²) in [7, 11) is 0. The highest BCUT2D eigenvalue weighted by molar-refractivity contribution is 5.88. The van der Waals surface area contributed by atoms with Crippen LogP contribution in [-0.4, -0.2) is 10.2 Å². The van der Waals surface area contributed by atoms with Crippen LogP contribution in [0.25, 0.3) is 22.3 Å². The highest BCUT2D eigenvalue weighted by Crippen LogP contribution is 2.46. The van der Waals surface area contributed by atoms with E-state index in [1.165, 1.54) is 0 Å². The molecule has 0 unspecified atom stereocenters. The first-order valence-corrected chi connectivity index (χ1v) is 9.45. The molecule has 0 fully saturated rings. The molecule has 3 rings (SSSR count). The van der Waals surface area contributed by atoms with E-state index >= 15 is 0 Å². The molecule has 0 atom stereocenters. The molecule has 0 saturated carbocycles. The van der Waals surface area contributed by atoms with Crippen molar-refractivity contribution in [1.82, 2.24) is 0 Å². The van der Waals surface area contributed by atoms with E-state index in [-0.39, 0.29) is 11.5 Å². The Bertz CT molecular complexity index is 1060. The quantitative estimate of drug-likeness (QED) is 0.536. The Morgan fingerprint density at radius 3 is 1.64 bits per heavy atom. The fraction of sp³-hybridized carbons (Fsp3) is 0.250. The molecule has 146 valence electrons. The van der Waals surface area contributed by atoms with Gasteiger partial charge in [-0.3, -0.25) is 0 Å². The molecule has 0 aromatic heterocycles.